The Morgan fingerprint density at radius 3 is 2.41 bits per heavy atom. The van der Waals surface area contributed by atoms with Crippen molar-refractivity contribution in [3.05, 3.63) is 46.7 Å². The number of nitrogens with zero attached hydrogens (tertiary/aromatic N) is 2. The van der Waals surface area contributed by atoms with Crippen LogP contribution in [0.15, 0.2) is 23.4 Å². The number of hydrogen-bond donors (Lipinski definition) is 0. The second-order valence-electron chi connectivity index (χ2n) is 8.06. The lowest BCUT2D eigenvalue weighted by atomic mass is 9.86. The number of carbonyl (C=O) groups excluding carboxylic acids is 1. The molecule has 0 aliphatic carbocycles. The summed E-state index contributed by atoms with van der Waals surface area (Å²) in [6.45, 7) is 8.80. The standard InChI is InChI=1S/C21H27FN2O4S/c1-13(2)17-7-15(22)8-18(14(3)4)19(17)9-16(25)12-29(26,27)21-10-23-20-11-28-6-5-24(20)21/h7-8,10,13-14H,5-6,9,11-12H2,1-4H3. The molecule has 29 heavy (non-hydrogen) atoms. The summed E-state index contributed by atoms with van der Waals surface area (Å²) >= 11 is 0. The third-order valence-electron chi connectivity index (χ3n) is 5.16. The highest BCUT2D eigenvalue weighted by Gasteiger charge is 2.28. The summed E-state index contributed by atoms with van der Waals surface area (Å²) in [5, 5.41) is 0.0522. The number of imidazole rings is 1. The molecular formula is C21H27FN2O4S. The van der Waals surface area contributed by atoms with E-state index in [4.69, 9.17) is 4.74 Å². The van der Waals surface area contributed by atoms with E-state index in [0.717, 1.165) is 16.7 Å². The first-order chi connectivity index (χ1) is 13.6. The first kappa shape index (κ1) is 21.6. The lowest BCUT2D eigenvalue weighted by Crippen LogP contribution is -2.25. The largest absolute Gasteiger partial charge is 0.372 e. The van der Waals surface area contributed by atoms with Gasteiger partial charge in [0.2, 0.25) is 9.84 Å². The molecule has 3 rings (SSSR count). The summed E-state index contributed by atoms with van der Waals surface area (Å²) in [4.78, 5) is 16.9. The zero-order chi connectivity index (χ0) is 21.3. The molecule has 0 amide bonds. The van der Waals surface area contributed by atoms with Crippen molar-refractivity contribution in [3.63, 3.8) is 0 Å². The van der Waals surface area contributed by atoms with E-state index in [9.17, 15) is 17.6 Å². The summed E-state index contributed by atoms with van der Waals surface area (Å²) in [5.41, 5.74) is 2.23. The maximum absolute atomic E-state index is 14.1. The van der Waals surface area contributed by atoms with Crippen molar-refractivity contribution in [3.8, 4) is 0 Å². The predicted octanol–water partition coefficient (Wildman–Crippen LogP) is 3.38. The molecule has 0 atom stereocenters. The normalized spacial score (nSPS) is 14.4. The van der Waals surface area contributed by atoms with Crippen LogP contribution in [0.2, 0.25) is 0 Å². The van der Waals surface area contributed by atoms with E-state index in [1.807, 2.05) is 27.7 Å². The number of hydrogen-bond acceptors (Lipinski definition) is 5. The highest BCUT2D eigenvalue weighted by atomic mass is 32.2. The SMILES string of the molecule is CC(C)c1cc(F)cc(C(C)C)c1CC(=O)CS(=O)(=O)c1cnc2n1CCOC2. The zero-order valence-electron chi connectivity index (χ0n) is 17.2. The van der Waals surface area contributed by atoms with E-state index in [1.165, 1.54) is 18.3 Å². The number of ketones is 1. The molecular weight excluding hydrogens is 395 g/mol. The Morgan fingerprint density at radius 2 is 1.83 bits per heavy atom. The molecule has 1 aliphatic heterocycles. The Bertz CT molecular complexity index is 996. The van der Waals surface area contributed by atoms with Crippen molar-refractivity contribution in [1.82, 2.24) is 9.55 Å². The summed E-state index contributed by atoms with van der Waals surface area (Å²) in [7, 11) is -3.83. The number of aromatic nitrogens is 2. The molecule has 0 bridgehead atoms. The number of carbonyl (C=O) groups is 1. The summed E-state index contributed by atoms with van der Waals surface area (Å²) in [6.07, 6.45) is 1.26. The van der Waals surface area contributed by atoms with Crippen LogP contribution in [0.5, 0.6) is 0 Å². The van der Waals surface area contributed by atoms with Crippen LogP contribution in [0.1, 0.15) is 62.0 Å². The Kier molecular flexibility index (Phi) is 6.24. The molecule has 2 aromatic rings. The van der Waals surface area contributed by atoms with Crippen molar-refractivity contribution in [2.45, 2.75) is 64.1 Å². The van der Waals surface area contributed by atoms with Gasteiger partial charge in [0.1, 0.15) is 24.0 Å². The molecule has 8 heteroatoms. The zero-order valence-corrected chi connectivity index (χ0v) is 18.1. The maximum Gasteiger partial charge on any atom is 0.202 e. The van der Waals surface area contributed by atoms with Gasteiger partial charge in [0.25, 0.3) is 0 Å². The average Bonchev–Trinajstić information content (AvgIpc) is 3.07. The van der Waals surface area contributed by atoms with Crippen LogP contribution >= 0.6 is 0 Å². The maximum atomic E-state index is 14.1. The summed E-state index contributed by atoms with van der Waals surface area (Å²) in [5.74, 6) is -0.776. The topological polar surface area (TPSA) is 78.3 Å². The number of halogens is 1. The number of Topliss-reactive ketones (excluding diaryl/α,β-unsaturated/α-hetero) is 1. The minimum absolute atomic E-state index is 0.0180. The van der Waals surface area contributed by atoms with Crippen molar-refractivity contribution < 1.29 is 22.3 Å². The Balaban J connectivity index is 1.88. The minimum Gasteiger partial charge on any atom is -0.372 e. The molecule has 1 aliphatic rings. The van der Waals surface area contributed by atoms with Crippen LogP contribution in [0.25, 0.3) is 0 Å². The predicted molar refractivity (Wildman–Crippen MR) is 107 cm³/mol. The van der Waals surface area contributed by atoms with Gasteiger partial charge in [-0.15, -0.1) is 0 Å². The monoisotopic (exact) mass is 422 g/mol. The van der Waals surface area contributed by atoms with Gasteiger partial charge in [0.15, 0.2) is 10.8 Å². The third-order valence-corrected chi connectivity index (χ3v) is 6.83. The molecule has 0 spiro atoms. The first-order valence-electron chi connectivity index (χ1n) is 9.79. The highest BCUT2D eigenvalue weighted by molar-refractivity contribution is 7.92. The van der Waals surface area contributed by atoms with Crippen LogP contribution in [0.3, 0.4) is 0 Å². The Labute approximate surface area is 171 Å². The van der Waals surface area contributed by atoms with E-state index >= 15 is 0 Å². The second-order valence-corrected chi connectivity index (χ2v) is 10.0. The van der Waals surface area contributed by atoms with Gasteiger partial charge in [0.05, 0.1) is 12.8 Å². The molecule has 0 saturated carbocycles. The summed E-state index contributed by atoms with van der Waals surface area (Å²) < 4.78 is 46.7. The quantitative estimate of drug-likeness (QED) is 0.684. The Morgan fingerprint density at radius 1 is 1.21 bits per heavy atom. The number of benzene rings is 1. The van der Waals surface area contributed by atoms with Gasteiger partial charge in [0, 0.05) is 13.0 Å². The van der Waals surface area contributed by atoms with Gasteiger partial charge in [-0.1, -0.05) is 27.7 Å². The van der Waals surface area contributed by atoms with Crippen LogP contribution in [-0.4, -0.2) is 36.1 Å². The number of sulfone groups is 1. The molecule has 0 fully saturated rings. The number of ether oxygens (including phenoxy) is 1. The average molecular weight is 423 g/mol. The first-order valence-corrected chi connectivity index (χ1v) is 11.4. The molecule has 0 unspecified atom stereocenters. The van der Waals surface area contributed by atoms with Crippen molar-refractivity contribution in [1.29, 1.82) is 0 Å². The van der Waals surface area contributed by atoms with Crippen molar-refractivity contribution >= 4 is 15.6 Å². The van der Waals surface area contributed by atoms with Gasteiger partial charge in [-0.3, -0.25) is 4.79 Å². The van der Waals surface area contributed by atoms with Crippen LogP contribution in [0.4, 0.5) is 4.39 Å². The lowest BCUT2D eigenvalue weighted by Gasteiger charge is -2.20. The van der Waals surface area contributed by atoms with Gasteiger partial charge < -0.3 is 9.30 Å². The fourth-order valence-corrected chi connectivity index (χ4v) is 5.19. The van der Waals surface area contributed by atoms with Crippen LogP contribution < -0.4 is 0 Å². The van der Waals surface area contributed by atoms with Gasteiger partial charge in [-0.05, 0) is 40.7 Å². The van der Waals surface area contributed by atoms with E-state index in [-0.39, 0.29) is 35.7 Å². The van der Waals surface area contributed by atoms with E-state index in [2.05, 4.69) is 4.98 Å². The van der Waals surface area contributed by atoms with Crippen molar-refractivity contribution in [2.24, 2.45) is 0 Å². The number of rotatable bonds is 7. The molecule has 1 aromatic heterocycles. The van der Waals surface area contributed by atoms with Crippen molar-refractivity contribution in [2.75, 3.05) is 12.4 Å². The van der Waals surface area contributed by atoms with E-state index in [1.54, 1.807) is 4.57 Å². The van der Waals surface area contributed by atoms with Gasteiger partial charge in [-0.2, -0.15) is 0 Å². The molecule has 6 nitrogen and oxygen atoms in total. The smallest absolute Gasteiger partial charge is 0.202 e. The summed E-state index contributed by atoms with van der Waals surface area (Å²) in [6, 6.07) is 2.89. The number of fused-ring (bicyclic) bond motifs is 1. The second kappa shape index (κ2) is 8.36. The fourth-order valence-electron chi connectivity index (χ4n) is 3.77. The van der Waals surface area contributed by atoms with E-state index < -0.39 is 21.4 Å². The molecule has 2 heterocycles. The molecule has 158 valence electrons. The van der Waals surface area contributed by atoms with Gasteiger partial charge in [-0.25, -0.2) is 17.8 Å². The third kappa shape index (κ3) is 4.59. The fraction of sp³-hybridized carbons (Fsp3) is 0.524. The Hall–Kier alpha value is -2.06. The van der Waals surface area contributed by atoms with Gasteiger partial charge >= 0.3 is 0 Å². The minimum atomic E-state index is -3.83. The van der Waals surface area contributed by atoms with E-state index in [0.29, 0.717) is 19.0 Å². The highest BCUT2D eigenvalue weighted by Crippen LogP contribution is 2.30. The molecule has 0 N–H and O–H groups in total. The van der Waals surface area contributed by atoms with Crippen LogP contribution in [0, 0.1) is 5.82 Å². The lowest BCUT2D eigenvalue weighted by molar-refractivity contribution is -0.116. The molecule has 0 saturated heterocycles. The molecule has 1 aromatic carbocycles. The van der Waals surface area contributed by atoms with Crippen LogP contribution in [-0.2, 0) is 38.9 Å². The molecule has 0 radical (unpaired) electrons.